The molecule has 2 rings (SSSR count). The summed E-state index contributed by atoms with van der Waals surface area (Å²) in [5, 5.41) is 5.50. The number of carbonyl (C=O) groups excluding carboxylic acids is 1. The third kappa shape index (κ3) is 4.67. The number of carbonyl (C=O) groups is 1. The highest BCUT2D eigenvalue weighted by Crippen LogP contribution is 2.23. The fourth-order valence-electron chi connectivity index (χ4n) is 1.96. The van der Waals surface area contributed by atoms with E-state index in [-0.39, 0.29) is 11.4 Å². The van der Waals surface area contributed by atoms with E-state index >= 15 is 0 Å². The van der Waals surface area contributed by atoms with Crippen molar-refractivity contribution in [2.45, 2.75) is 26.2 Å². The predicted molar refractivity (Wildman–Crippen MR) is 94.1 cm³/mol. The van der Waals surface area contributed by atoms with E-state index in [4.69, 9.17) is 0 Å². The van der Waals surface area contributed by atoms with Gasteiger partial charge in [0.15, 0.2) is 0 Å². The Kier molecular flexibility index (Phi) is 4.83. The van der Waals surface area contributed by atoms with E-state index in [0.717, 1.165) is 5.69 Å². The first kappa shape index (κ1) is 16.7. The quantitative estimate of drug-likeness (QED) is 0.910. The zero-order valence-corrected chi connectivity index (χ0v) is 14.2. The first-order valence-corrected chi connectivity index (χ1v) is 7.43. The van der Waals surface area contributed by atoms with E-state index in [9.17, 15) is 4.79 Å². The summed E-state index contributed by atoms with van der Waals surface area (Å²) in [6, 6.07) is 7.50. The molecule has 0 bridgehead atoms. The smallest absolute Gasteiger partial charge is 0.323 e. The Balaban J connectivity index is 1.96. The second kappa shape index (κ2) is 6.64. The van der Waals surface area contributed by atoms with Crippen molar-refractivity contribution in [2.75, 3.05) is 29.6 Å². The molecule has 6 nitrogen and oxygen atoms in total. The fraction of sp³-hybridized carbons (Fsp3) is 0.353. The monoisotopic (exact) mass is 313 g/mol. The lowest BCUT2D eigenvalue weighted by atomic mass is 9.87. The van der Waals surface area contributed by atoms with Gasteiger partial charge in [0, 0.05) is 19.8 Å². The molecule has 1 aromatic carbocycles. The van der Waals surface area contributed by atoms with Crippen LogP contribution < -0.4 is 15.5 Å². The van der Waals surface area contributed by atoms with Gasteiger partial charge in [0.05, 0.1) is 18.1 Å². The van der Waals surface area contributed by atoms with Gasteiger partial charge in [-0.1, -0.05) is 32.9 Å². The Labute approximate surface area is 137 Å². The van der Waals surface area contributed by atoms with Crippen molar-refractivity contribution in [3.8, 4) is 0 Å². The van der Waals surface area contributed by atoms with E-state index in [2.05, 4.69) is 41.4 Å². The van der Waals surface area contributed by atoms with Gasteiger partial charge in [-0.25, -0.2) is 14.8 Å². The van der Waals surface area contributed by atoms with Crippen molar-refractivity contribution < 1.29 is 4.79 Å². The Morgan fingerprint density at radius 2 is 1.48 bits per heavy atom. The molecule has 23 heavy (non-hydrogen) atoms. The highest BCUT2D eigenvalue weighted by molar-refractivity contribution is 5.99. The molecule has 2 N–H and O–H groups in total. The largest absolute Gasteiger partial charge is 0.347 e. The third-order valence-electron chi connectivity index (χ3n) is 3.30. The number of anilines is 3. The zero-order valence-electron chi connectivity index (χ0n) is 14.2. The number of aromatic nitrogens is 2. The molecule has 0 saturated carbocycles. The van der Waals surface area contributed by atoms with Crippen LogP contribution in [-0.2, 0) is 5.41 Å². The summed E-state index contributed by atoms with van der Waals surface area (Å²) in [5.74, 6) is 0.591. The lowest BCUT2D eigenvalue weighted by Gasteiger charge is -2.19. The Hall–Kier alpha value is -2.63. The maximum atomic E-state index is 12.0. The summed E-state index contributed by atoms with van der Waals surface area (Å²) >= 11 is 0. The molecule has 1 heterocycles. The molecule has 0 unspecified atom stereocenters. The van der Waals surface area contributed by atoms with Crippen molar-refractivity contribution in [1.82, 2.24) is 9.97 Å². The molecule has 0 saturated heterocycles. The minimum absolute atomic E-state index is 0.0896. The molecule has 0 aliphatic rings. The topological polar surface area (TPSA) is 70.2 Å². The lowest BCUT2D eigenvalue weighted by Crippen LogP contribution is -2.20. The van der Waals surface area contributed by atoms with Crippen molar-refractivity contribution in [3.05, 3.63) is 42.2 Å². The minimum atomic E-state index is -0.324. The van der Waals surface area contributed by atoms with Crippen LogP contribution in [0.25, 0.3) is 0 Å². The number of benzene rings is 1. The summed E-state index contributed by atoms with van der Waals surface area (Å²) in [6.45, 7) is 6.46. The van der Waals surface area contributed by atoms with Gasteiger partial charge in [-0.2, -0.15) is 0 Å². The van der Waals surface area contributed by atoms with Crippen LogP contribution in [0.5, 0.6) is 0 Å². The number of rotatable bonds is 3. The van der Waals surface area contributed by atoms with Gasteiger partial charge in [0.2, 0.25) is 5.95 Å². The van der Waals surface area contributed by atoms with Crippen LogP contribution in [0, 0.1) is 0 Å². The Morgan fingerprint density at radius 1 is 0.957 bits per heavy atom. The summed E-state index contributed by atoms with van der Waals surface area (Å²) in [4.78, 5) is 22.1. The van der Waals surface area contributed by atoms with E-state index in [1.54, 1.807) is 17.3 Å². The van der Waals surface area contributed by atoms with Gasteiger partial charge in [0.1, 0.15) is 0 Å². The maximum Gasteiger partial charge on any atom is 0.323 e. The van der Waals surface area contributed by atoms with Crippen LogP contribution in [-0.4, -0.2) is 30.1 Å². The van der Waals surface area contributed by atoms with E-state index in [1.807, 2.05) is 38.4 Å². The van der Waals surface area contributed by atoms with Crippen LogP contribution in [0.3, 0.4) is 0 Å². The number of amides is 2. The van der Waals surface area contributed by atoms with Crippen molar-refractivity contribution >= 4 is 23.4 Å². The molecule has 0 atom stereocenters. The summed E-state index contributed by atoms with van der Waals surface area (Å²) < 4.78 is 0. The number of urea groups is 1. The molecule has 0 aliphatic carbocycles. The van der Waals surface area contributed by atoms with Gasteiger partial charge < -0.3 is 15.5 Å². The molecule has 0 fully saturated rings. The first-order chi connectivity index (χ1) is 10.8. The number of nitrogens with one attached hydrogen (secondary N) is 2. The van der Waals surface area contributed by atoms with Crippen LogP contribution in [0.15, 0.2) is 36.7 Å². The van der Waals surface area contributed by atoms with Gasteiger partial charge in [0.25, 0.3) is 0 Å². The normalized spacial score (nSPS) is 11.0. The highest BCUT2D eigenvalue weighted by Gasteiger charge is 2.13. The van der Waals surface area contributed by atoms with Crippen LogP contribution in [0.2, 0.25) is 0 Å². The first-order valence-electron chi connectivity index (χ1n) is 7.43. The van der Waals surface area contributed by atoms with Crippen molar-refractivity contribution in [2.24, 2.45) is 0 Å². The standard InChI is InChI=1S/C17H23N5O/c1-17(2,3)12-6-8-13(9-7-12)20-16(23)21-14-10-18-15(19-11-14)22(4)5/h6-11H,1-5H3,(H2,20,21,23). The summed E-state index contributed by atoms with van der Waals surface area (Å²) in [7, 11) is 3.72. The van der Waals surface area contributed by atoms with Gasteiger partial charge in [-0.05, 0) is 23.1 Å². The van der Waals surface area contributed by atoms with Crippen LogP contribution in [0.1, 0.15) is 26.3 Å². The maximum absolute atomic E-state index is 12.0. The lowest BCUT2D eigenvalue weighted by molar-refractivity contribution is 0.262. The van der Waals surface area contributed by atoms with Gasteiger partial charge in [-0.3, -0.25) is 0 Å². The molecular weight excluding hydrogens is 290 g/mol. The fourth-order valence-corrected chi connectivity index (χ4v) is 1.96. The summed E-state index contributed by atoms with van der Waals surface area (Å²) in [6.07, 6.45) is 3.15. The molecule has 0 radical (unpaired) electrons. The molecule has 2 aromatic rings. The highest BCUT2D eigenvalue weighted by atomic mass is 16.2. The third-order valence-corrected chi connectivity index (χ3v) is 3.30. The molecule has 122 valence electrons. The number of hydrogen-bond acceptors (Lipinski definition) is 4. The molecular formula is C17H23N5O. The average molecular weight is 313 g/mol. The van der Waals surface area contributed by atoms with Gasteiger partial charge in [-0.15, -0.1) is 0 Å². The van der Waals surface area contributed by atoms with Gasteiger partial charge >= 0.3 is 6.03 Å². The van der Waals surface area contributed by atoms with E-state index in [0.29, 0.717) is 11.6 Å². The average Bonchev–Trinajstić information content (AvgIpc) is 2.47. The molecule has 2 amide bonds. The van der Waals surface area contributed by atoms with E-state index < -0.39 is 0 Å². The SMILES string of the molecule is CN(C)c1ncc(NC(=O)Nc2ccc(C(C)(C)C)cc2)cn1. The van der Waals surface area contributed by atoms with Crippen LogP contribution >= 0.6 is 0 Å². The minimum Gasteiger partial charge on any atom is -0.347 e. The number of hydrogen-bond donors (Lipinski definition) is 2. The van der Waals surface area contributed by atoms with E-state index in [1.165, 1.54) is 5.56 Å². The second-order valence-electron chi connectivity index (χ2n) is 6.57. The number of nitrogens with zero attached hydrogens (tertiary/aromatic N) is 3. The predicted octanol–water partition coefficient (Wildman–Crippen LogP) is 3.48. The van der Waals surface area contributed by atoms with Crippen molar-refractivity contribution in [1.29, 1.82) is 0 Å². The molecule has 0 aliphatic heterocycles. The Morgan fingerprint density at radius 3 is 1.96 bits per heavy atom. The Bertz CT molecular complexity index is 657. The second-order valence-corrected chi connectivity index (χ2v) is 6.57. The molecule has 0 spiro atoms. The molecule has 6 heteroatoms. The van der Waals surface area contributed by atoms with Crippen LogP contribution in [0.4, 0.5) is 22.1 Å². The summed E-state index contributed by atoms with van der Waals surface area (Å²) in [5.41, 5.74) is 2.59. The molecule has 1 aromatic heterocycles. The van der Waals surface area contributed by atoms with Crippen molar-refractivity contribution in [3.63, 3.8) is 0 Å². The zero-order chi connectivity index (χ0) is 17.0.